The van der Waals surface area contributed by atoms with Crippen LogP contribution in [0.25, 0.3) is 0 Å². The van der Waals surface area contributed by atoms with Gasteiger partial charge >= 0.3 is 11.9 Å². The monoisotopic (exact) mass is 400 g/mol. The van der Waals surface area contributed by atoms with E-state index in [4.69, 9.17) is 9.47 Å². The number of carbonyl (C=O) groups is 4. The predicted molar refractivity (Wildman–Crippen MR) is 100 cm³/mol. The Morgan fingerprint density at radius 2 is 1.45 bits per heavy atom. The molecule has 0 N–H and O–H groups in total. The lowest BCUT2D eigenvalue weighted by atomic mass is 9.77. The van der Waals surface area contributed by atoms with Gasteiger partial charge in [0.2, 0.25) is 11.8 Å². The van der Waals surface area contributed by atoms with Gasteiger partial charge in [-0.3, -0.25) is 29.0 Å². The molecule has 0 saturated carbocycles. The van der Waals surface area contributed by atoms with Crippen LogP contribution in [0, 0.1) is 17.8 Å². The minimum atomic E-state index is -0.971. The Balaban J connectivity index is 1.55. The first kappa shape index (κ1) is 19.6. The SMILES string of the molecule is COC(=O)C(CCCN1C2c3ccccc3C1C1C(=O)N(C)C(=O)C12)C(=O)OC. The van der Waals surface area contributed by atoms with Gasteiger partial charge in [-0.15, -0.1) is 0 Å². The Hall–Kier alpha value is -2.74. The summed E-state index contributed by atoms with van der Waals surface area (Å²) in [5.41, 5.74) is 2.18. The average molecular weight is 400 g/mol. The van der Waals surface area contributed by atoms with Gasteiger partial charge in [0.1, 0.15) is 0 Å². The van der Waals surface area contributed by atoms with Crippen LogP contribution in [0.4, 0.5) is 0 Å². The lowest BCUT2D eigenvalue weighted by Gasteiger charge is -2.26. The van der Waals surface area contributed by atoms with Crippen molar-refractivity contribution in [1.82, 2.24) is 9.80 Å². The summed E-state index contributed by atoms with van der Waals surface area (Å²) in [6.45, 7) is 0.561. The molecule has 4 rings (SSSR count). The molecular weight excluding hydrogens is 376 g/mol. The molecule has 3 aliphatic rings. The van der Waals surface area contributed by atoms with E-state index in [-0.39, 0.29) is 42.2 Å². The van der Waals surface area contributed by atoms with Crippen LogP contribution >= 0.6 is 0 Å². The molecule has 2 saturated heterocycles. The molecule has 8 heteroatoms. The van der Waals surface area contributed by atoms with Crippen LogP contribution in [0.2, 0.25) is 0 Å². The quantitative estimate of drug-likeness (QED) is 0.401. The van der Waals surface area contributed by atoms with Crippen molar-refractivity contribution in [2.24, 2.45) is 17.8 Å². The van der Waals surface area contributed by atoms with Crippen LogP contribution < -0.4 is 0 Å². The number of nitrogens with zero attached hydrogens (tertiary/aromatic N) is 2. The minimum absolute atomic E-state index is 0.131. The number of hydrogen-bond donors (Lipinski definition) is 0. The summed E-state index contributed by atoms with van der Waals surface area (Å²) >= 11 is 0. The number of carbonyl (C=O) groups excluding carboxylic acids is 4. The maximum atomic E-state index is 12.7. The molecule has 0 radical (unpaired) electrons. The standard InChI is InChI=1S/C21H24N2O6/c1-22-18(24)14-15(19(22)25)17-12-8-5-4-7-11(12)16(14)23(17)10-6-9-13(20(26)28-2)21(27)29-3/h4-5,7-8,13-17H,6,9-10H2,1-3H3. The smallest absolute Gasteiger partial charge is 0.320 e. The predicted octanol–water partition coefficient (Wildman–Crippen LogP) is 1.07. The van der Waals surface area contributed by atoms with Crippen molar-refractivity contribution in [2.75, 3.05) is 27.8 Å². The normalized spacial score (nSPS) is 27.4. The second-order valence-corrected chi connectivity index (χ2v) is 7.78. The molecule has 0 aliphatic carbocycles. The van der Waals surface area contributed by atoms with E-state index in [1.807, 2.05) is 24.3 Å². The molecule has 154 valence electrons. The van der Waals surface area contributed by atoms with E-state index < -0.39 is 17.9 Å². The summed E-state index contributed by atoms with van der Waals surface area (Å²) in [6, 6.07) is 7.62. The van der Waals surface area contributed by atoms with Crippen LogP contribution in [0.15, 0.2) is 24.3 Å². The number of ether oxygens (including phenoxy) is 2. The number of rotatable bonds is 6. The van der Waals surface area contributed by atoms with Crippen molar-refractivity contribution in [3.8, 4) is 0 Å². The Labute approximate surface area is 168 Å². The van der Waals surface area contributed by atoms with E-state index >= 15 is 0 Å². The Morgan fingerprint density at radius 3 is 1.90 bits per heavy atom. The van der Waals surface area contributed by atoms with Crippen LogP contribution in [0.3, 0.4) is 0 Å². The topological polar surface area (TPSA) is 93.2 Å². The number of amides is 2. The second-order valence-electron chi connectivity index (χ2n) is 7.78. The molecule has 29 heavy (non-hydrogen) atoms. The van der Waals surface area contributed by atoms with Crippen LogP contribution in [-0.4, -0.2) is 61.4 Å². The molecule has 1 aromatic carbocycles. The number of fused-ring (bicyclic) bond motifs is 8. The summed E-state index contributed by atoms with van der Waals surface area (Å²) in [5, 5.41) is 0. The second kappa shape index (κ2) is 7.26. The molecule has 0 spiro atoms. The Kier molecular flexibility index (Phi) is 4.90. The third-order valence-corrected chi connectivity index (χ3v) is 6.53. The molecule has 2 bridgehead atoms. The molecule has 0 aromatic heterocycles. The van der Waals surface area contributed by atoms with Crippen molar-refractivity contribution in [3.63, 3.8) is 0 Å². The molecular formula is C21H24N2O6. The molecule has 2 fully saturated rings. The fourth-order valence-corrected chi connectivity index (χ4v) is 5.28. The third kappa shape index (κ3) is 2.77. The van der Waals surface area contributed by atoms with E-state index in [2.05, 4.69) is 4.90 Å². The number of likely N-dealkylation sites (tertiary alicyclic amines) is 1. The van der Waals surface area contributed by atoms with Gasteiger partial charge in [-0.1, -0.05) is 24.3 Å². The number of esters is 2. The zero-order valence-electron chi connectivity index (χ0n) is 16.7. The van der Waals surface area contributed by atoms with Crippen molar-refractivity contribution in [2.45, 2.75) is 24.9 Å². The Bertz CT molecular complexity index is 819. The summed E-state index contributed by atoms with van der Waals surface area (Å²) < 4.78 is 9.43. The minimum Gasteiger partial charge on any atom is -0.468 e. The summed E-state index contributed by atoms with van der Waals surface area (Å²) in [6.07, 6.45) is 0.816. The van der Waals surface area contributed by atoms with Crippen molar-refractivity contribution in [3.05, 3.63) is 35.4 Å². The number of imide groups is 1. The van der Waals surface area contributed by atoms with Gasteiger partial charge in [0, 0.05) is 19.1 Å². The fraction of sp³-hybridized carbons (Fsp3) is 0.524. The number of hydrogen-bond acceptors (Lipinski definition) is 7. The zero-order valence-corrected chi connectivity index (χ0v) is 16.7. The van der Waals surface area contributed by atoms with Gasteiger partial charge in [-0.05, 0) is 30.5 Å². The molecule has 3 heterocycles. The lowest BCUT2D eigenvalue weighted by molar-refractivity contribution is -0.159. The molecule has 2 amide bonds. The molecule has 8 nitrogen and oxygen atoms in total. The van der Waals surface area contributed by atoms with E-state index in [9.17, 15) is 19.2 Å². The van der Waals surface area contributed by atoms with Gasteiger partial charge < -0.3 is 9.47 Å². The van der Waals surface area contributed by atoms with Crippen molar-refractivity contribution in [1.29, 1.82) is 0 Å². The van der Waals surface area contributed by atoms with Gasteiger partial charge in [0.15, 0.2) is 5.92 Å². The van der Waals surface area contributed by atoms with E-state index in [0.717, 1.165) is 11.1 Å². The highest BCUT2D eigenvalue weighted by Gasteiger charge is 2.65. The zero-order chi connectivity index (χ0) is 20.9. The van der Waals surface area contributed by atoms with E-state index in [1.165, 1.54) is 19.1 Å². The third-order valence-electron chi connectivity index (χ3n) is 6.53. The lowest BCUT2D eigenvalue weighted by Crippen LogP contribution is -2.34. The highest BCUT2D eigenvalue weighted by Crippen LogP contribution is 2.61. The van der Waals surface area contributed by atoms with Crippen molar-refractivity contribution < 1.29 is 28.7 Å². The molecule has 1 aromatic rings. The molecule has 3 aliphatic heterocycles. The van der Waals surface area contributed by atoms with Crippen LogP contribution in [0.5, 0.6) is 0 Å². The van der Waals surface area contributed by atoms with Gasteiger partial charge in [0.25, 0.3) is 0 Å². The first-order chi connectivity index (χ1) is 13.9. The van der Waals surface area contributed by atoms with E-state index in [0.29, 0.717) is 13.0 Å². The average Bonchev–Trinajstić information content (AvgIpc) is 3.31. The van der Waals surface area contributed by atoms with Crippen LogP contribution in [0.1, 0.15) is 36.1 Å². The van der Waals surface area contributed by atoms with Crippen molar-refractivity contribution >= 4 is 23.8 Å². The number of methoxy groups -OCH3 is 2. The highest BCUT2D eigenvalue weighted by molar-refractivity contribution is 6.06. The maximum absolute atomic E-state index is 12.7. The Morgan fingerprint density at radius 1 is 0.966 bits per heavy atom. The van der Waals surface area contributed by atoms with E-state index in [1.54, 1.807) is 7.05 Å². The van der Waals surface area contributed by atoms with Gasteiger partial charge in [0.05, 0.1) is 26.1 Å². The summed E-state index contributed by atoms with van der Waals surface area (Å²) in [7, 11) is 4.03. The molecule has 4 unspecified atom stereocenters. The first-order valence-corrected chi connectivity index (χ1v) is 9.74. The first-order valence-electron chi connectivity index (χ1n) is 9.74. The maximum Gasteiger partial charge on any atom is 0.320 e. The number of benzene rings is 1. The molecule has 4 atom stereocenters. The summed E-state index contributed by atoms with van der Waals surface area (Å²) in [5.74, 6) is -3.21. The fourth-order valence-electron chi connectivity index (χ4n) is 5.28. The summed E-state index contributed by atoms with van der Waals surface area (Å²) in [4.78, 5) is 52.7. The van der Waals surface area contributed by atoms with Gasteiger partial charge in [-0.25, -0.2) is 0 Å². The van der Waals surface area contributed by atoms with Gasteiger partial charge in [-0.2, -0.15) is 0 Å². The highest BCUT2D eigenvalue weighted by atomic mass is 16.5. The van der Waals surface area contributed by atoms with Crippen LogP contribution in [-0.2, 0) is 28.7 Å². The largest absolute Gasteiger partial charge is 0.468 e.